The van der Waals surface area contributed by atoms with Crippen molar-refractivity contribution in [3.63, 3.8) is 0 Å². The van der Waals surface area contributed by atoms with Gasteiger partial charge in [0.05, 0.1) is 11.5 Å². The van der Waals surface area contributed by atoms with Crippen molar-refractivity contribution in [3.8, 4) is 0 Å². The molecule has 0 bridgehead atoms. The zero-order valence-electron chi connectivity index (χ0n) is 10.1. The van der Waals surface area contributed by atoms with Crippen LogP contribution >= 0.6 is 0 Å². The third kappa shape index (κ3) is 3.45. The molecule has 0 aromatic heterocycles. The molecule has 0 spiro atoms. The van der Waals surface area contributed by atoms with E-state index in [4.69, 9.17) is 0 Å². The van der Waals surface area contributed by atoms with E-state index in [0.29, 0.717) is 11.5 Å². The molecule has 0 aromatic carbocycles. The van der Waals surface area contributed by atoms with Gasteiger partial charge in [0.15, 0.2) is 9.84 Å². The van der Waals surface area contributed by atoms with E-state index in [-0.39, 0.29) is 6.04 Å². The summed E-state index contributed by atoms with van der Waals surface area (Å²) in [6, 6.07) is 0.217. The Kier molecular flexibility index (Phi) is 3.90. The smallest absolute Gasteiger partial charge is 0.151 e. The maximum atomic E-state index is 11.5. The molecule has 2 aliphatic rings. The van der Waals surface area contributed by atoms with Crippen molar-refractivity contribution >= 4 is 9.84 Å². The van der Waals surface area contributed by atoms with Crippen molar-refractivity contribution in [1.29, 1.82) is 0 Å². The standard InChI is InChI=1S/C12H23NO2S/c1-10-4-5-11(7-10)8-13-12-3-2-6-16(14,15)9-12/h10-13H,2-9H2,1H3. The second-order valence-electron chi connectivity index (χ2n) is 5.65. The van der Waals surface area contributed by atoms with Crippen LogP contribution in [0.3, 0.4) is 0 Å². The van der Waals surface area contributed by atoms with Crippen molar-refractivity contribution in [3.05, 3.63) is 0 Å². The molecule has 1 saturated carbocycles. The predicted molar refractivity (Wildman–Crippen MR) is 66.2 cm³/mol. The van der Waals surface area contributed by atoms with Crippen LogP contribution in [0.15, 0.2) is 0 Å². The molecule has 2 fully saturated rings. The predicted octanol–water partition coefficient (Wildman–Crippen LogP) is 1.59. The van der Waals surface area contributed by atoms with Gasteiger partial charge >= 0.3 is 0 Å². The minimum absolute atomic E-state index is 0.217. The first kappa shape index (κ1) is 12.4. The fraction of sp³-hybridized carbons (Fsp3) is 1.00. The molecule has 3 atom stereocenters. The van der Waals surface area contributed by atoms with Gasteiger partial charge in [0.1, 0.15) is 0 Å². The summed E-state index contributed by atoms with van der Waals surface area (Å²) in [5.41, 5.74) is 0. The van der Waals surface area contributed by atoms with Gasteiger partial charge in [-0.3, -0.25) is 0 Å². The average Bonchev–Trinajstić information content (AvgIpc) is 2.60. The van der Waals surface area contributed by atoms with E-state index in [1.165, 1.54) is 19.3 Å². The molecule has 1 saturated heterocycles. The van der Waals surface area contributed by atoms with Gasteiger partial charge in [-0.1, -0.05) is 13.3 Å². The van der Waals surface area contributed by atoms with E-state index < -0.39 is 9.84 Å². The number of hydrogen-bond donors (Lipinski definition) is 1. The van der Waals surface area contributed by atoms with Crippen molar-refractivity contribution in [2.45, 2.75) is 45.1 Å². The van der Waals surface area contributed by atoms with E-state index in [9.17, 15) is 8.42 Å². The third-order valence-corrected chi connectivity index (χ3v) is 5.78. The van der Waals surface area contributed by atoms with Gasteiger partial charge in [-0.25, -0.2) is 8.42 Å². The van der Waals surface area contributed by atoms with Gasteiger partial charge in [0.25, 0.3) is 0 Å². The summed E-state index contributed by atoms with van der Waals surface area (Å²) < 4.78 is 22.9. The maximum Gasteiger partial charge on any atom is 0.151 e. The molecule has 2 rings (SSSR count). The first-order valence-electron chi connectivity index (χ1n) is 6.49. The zero-order valence-corrected chi connectivity index (χ0v) is 10.9. The van der Waals surface area contributed by atoms with Crippen molar-refractivity contribution in [2.24, 2.45) is 11.8 Å². The van der Waals surface area contributed by atoms with Gasteiger partial charge in [-0.2, -0.15) is 0 Å². The Bertz CT molecular complexity index is 326. The van der Waals surface area contributed by atoms with Crippen LogP contribution in [0.4, 0.5) is 0 Å². The van der Waals surface area contributed by atoms with Gasteiger partial charge in [0.2, 0.25) is 0 Å². The lowest BCUT2D eigenvalue weighted by Gasteiger charge is -2.24. The van der Waals surface area contributed by atoms with E-state index in [0.717, 1.165) is 31.2 Å². The second kappa shape index (κ2) is 5.05. The molecule has 16 heavy (non-hydrogen) atoms. The molecule has 1 heterocycles. The number of rotatable bonds is 3. The molecule has 1 N–H and O–H groups in total. The van der Waals surface area contributed by atoms with Crippen LogP contribution in [0.2, 0.25) is 0 Å². The molecule has 1 aliphatic carbocycles. The molecule has 1 aliphatic heterocycles. The molecule has 94 valence electrons. The summed E-state index contributed by atoms with van der Waals surface area (Å²) in [5.74, 6) is 2.39. The topological polar surface area (TPSA) is 46.2 Å². The lowest BCUT2D eigenvalue weighted by molar-refractivity contribution is 0.413. The number of hydrogen-bond acceptors (Lipinski definition) is 3. The van der Waals surface area contributed by atoms with Gasteiger partial charge in [-0.15, -0.1) is 0 Å². The van der Waals surface area contributed by atoms with Gasteiger partial charge in [-0.05, 0) is 44.1 Å². The van der Waals surface area contributed by atoms with Crippen LogP contribution in [0.5, 0.6) is 0 Å². The summed E-state index contributed by atoms with van der Waals surface area (Å²) in [6.45, 7) is 3.33. The fourth-order valence-corrected chi connectivity index (χ4v) is 4.70. The second-order valence-corrected chi connectivity index (χ2v) is 7.87. The Morgan fingerprint density at radius 2 is 2.06 bits per heavy atom. The van der Waals surface area contributed by atoms with Crippen LogP contribution in [-0.2, 0) is 9.84 Å². The SMILES string of the molecule is CC1CCC(CNC2CCCS(=O)(=O)C2)C1. The first-order valence-corrected chi connectivity index (χ1v) is 8.31. The summed E-state index contributed by atoms with van der Waals surface area (Å²) in [4.78, 5) is 0. The van der Waals surface area contributed by atoms with E-state index in [2.05, 4.69) is 12.2 Å². The Morgan fingerprint density at radius 1 is 1.25 bits per heavy atom. The Morgan fingerprint density at radius 3 is 2.69 bits per heavy atom. The molecule has 3 nitrogen and oxygen atoms in total. The van der Waals surface area contributed by atoms with Gasteiger partial charge in [0, 0.05) is 6.04 Å². The summed E-state index contributed by atoms with van der Waals surface area (Å²) in [7, 11) is -2.75. The lowest BCUT2D eigenvalue weighted by atomic mass is 10.1. The quantitative estimate of drug-likeness (QED) is 0.821. The molecular formula is C12H23NO2S. The van der Waals surface area contributed by atoms with Crippen molar-refractivity contribution in [2.75, 3.05) is 18.1 Å². The highest BCUT2D eigenvalue weighted by Gasteiger charge is 2.26. The Balaban J connectivity index is 1.73. The molecule has 0 aromatic rings. The molecular weight excluding hydrogens is 222 g/mol. The van der Waals surface area contributed by atoms with Crippen LogP contribution in [-0.4, -0.2) is 32.5 Å². The largest absolute Gasteiger partial charge is 0.313 e. The number of nitrogens with one attached hydrogen (secondary N) is 1. The fourth-order valence-electron chi connectivity index (χ4n) is 3.03. The normalized spacial score (nSPS) is 38.7. The highest BCUT2D eigenvalue weighted by atomic mass is 32.2. The summed E-state index contributed by atoms with van der Waals surface area (Å²) in [6.07, 6.45) is 5.83. The number of sulfone groups is 1. The van der Waals surface area contributed by atoms with Crippen LogP contribution in [0.25, 0.3) is 0 Å². The Labute approximate surface area is 98.9 Å². The van der Waals surface area contributed by atoms with E-state index in [1.807, 2.05) is 0 Å². The van der Waals surface area contributed by atoms with E-state index >= 15 is 0 Å². The highest BCUT2D eigenvalue weighted by Crippen LogP contribution is 2.29. The van der Waals surface area contributed by atoms with Crippen molar-refractivity contribution < 1.29 is 8.42 Å². The monoisotopic (exact) mass is 245 g/mol. The van der Waals surface area contributed by atoms with Gasteiger partial charge < -0.3 is 5.32 Å². The van der Waals surface area contributed by atoms with E-state index in [1.54, 1.807) is 0 Å². The summed E-state index contributed by atoms with van der Waals surface area (Å²) in [5, 5.41) is 3.46. The zero-order chi connectivity index (χ0) is 11.6. The first-order chi connectivity index (χ1) is 7.55. The highest BCUT2D eigenvalue weighted by molar-refractivity contribution is 7.91. The third-order valence-electron chi connectivity index (χ3n) is 3.96. The van der Waals surface area contributed by atoms with Crippen LogP contribution < -0.4 is 5.32 Å². The summed E-state index contributed by atoms with van der Waals surface area (Å²) >= 11 is 0. The van der Waals surface area contributed by atoms with Crippen LogP contribution in [0, 0.1) is 11.8 Å². The minimum Gasteiger partial charge on any atom is -0.313 e. The lowest BCUT2D eigenvalue weighted by Crippen LogP contribution is -2.41. The van der Waals surface area contributed by atoms with Crippen LogP contribution in [0.1, 0.15) is 39.0 Å². The molecule has 0 amide bonds. The average molecular weight is 245 g/mol. The molecule has 4 heteroatoms. The van der Waals surface area contributed by atoms with Crippen molar-refractivity contribution in [1.82, 2.24) is 5.32 Å². The molecule has 3 unspecified atom stereocenters. The minimum atomic E-state index is -2.75. The Hall–Kier alpha value is -0.0900. The maximum absolute atomic E-state index is 11.5. The molecule has 0 radical (unpaired) electrons.